The average molecular weight is 285 g/mol. The Bertz CT molecular complexity index is 356. The van der Waals surface area contributed by atoms with Gasteiger partial charge in [0.05, 0.1) is 6.61 Å². The van der Waals surface area contributed by atoms with Crippen LogP contribution in [0.2, 0.25) is 5.02 Å². The molecule has 0 aliphatic heterocycles. The summed E-state index contributed by atoms with van der Waals surface area (Å²) in [7, 11) is 3.88. The Kier molecular flexibility index (Phi) is 7.39. The first kappa shape index (κ1) is 16.4. The fourth-order valence-electron chi connectivity index (χ4n) is 1.99. The summed E-state index contributed by atoms with van der Waals surface area (Å²) in [5, 5.41) is 4.18. The highest BCUT2D eigenvalue weighted by molar-refractivity contribution is 6.30. The summed E-state index contributed by atoms with van der Waals surface area (Å²) in [5.41, 5.74) is 1.29. The molecule has 0 radical (unpaired) electrons. The minimum atomic E-state index is 0.372. The van der Waals surface area contributed by atoms with E-state index in [4.69, 9.17) is 16.3 Å². The zero-order valence-corrected chi connectivity index (χ0v) is 13.1. The van der Waals surface area contributed by atoms with Crippen molar-refractivity contribution in [2.75, 3.05) is 33.9 Å². The predicted octanol–water partition coefficient (Wildman–Crippen LogP) is 2.96. The second kappa shape index (κ2) is 8.54. The third kappa shape index (κ3) is 5.49. The number of likely N-dealkylation sites (N-methyl/N-ethyl adjacent to an activating group) is 1. The van der Waals surface area contributed by atoms with Gasteiger partial charge in [-0.05, 0) is 38.6 Å². The van der Waals surface area contributed by atoms with Crippen molar-refractivity contribution >= 4 is 11.6 Å². The van der Waals surface area contributed by atoms with Gasteiger partial charge in [-0.3, -0.25) is 4.90 Å². The Morgan fingerprint density at radius 2 is 1.89 bits per heavy atom. The molecule has 0 aliphatic carbocycles. The van der Waals surface area contributed by atoms with E-state index in [1.165, 1.54) is 5.56 Å². The monoisotopic (exact) mass is 284 g/mol. The summed E-state index contributed by atoms with van der Waals surface area (Å²) in [6.45, 7) is 7.05. The molecule has 0 spiro atoms. The largest absolute Gasteiger partial charge is 0.383 e. The summed E-state index contributed by atoms with van der Waals surface area (Å²) in [6, 6.07) is 8.91. The van der Waals surface area contributed by atoms with Crippen LogP contribution in [0.4, 0.5) is 0 Å². The highest BCUT2D eigenvalue weighted by atomic mass is 35.5. The normalized spacial score (nSPS) is 14.6. The molecular formula is C15H25ClN2O. The molecule has 19 heavy (non-hydrogen) atoms. The fraction of sp³-hybridized carbons (Fsp3) is 0.600. The van der Waals surface area contributed by atoms with E-state index >= 15 is 0 Å². The van der Waals surface area contributed by atoms with E-state index in [1.54, 1.807) is 7.11 Å². The summed E-state index contributed by atoms with van der Waals surface area (Å²) >= 11 is 5.92. The molecule has 0 aromatic heterocycles. The minimum Gasteiger partial charge on any atom is -0.383 e. The van der Waals surface area contributed by atoms with E-state index in [2.05, 4.69) is 43.2 Å². The van der Waals surface area contributed by atoms with Gasteiger partial charge >= 0.3 is 0 Å². The number of hydrogen-bond acceptors (Lipinski definition) is 3. The van der Waals surface area contributed by atoms with Crippen LogP contribution in [0.5, 0.6) is 0 Å². The number of nitrogens with zero attached hydrogens (tertiary/aromatic N) is 1. The molecule has 0 heterocycles. The lowest BCUT2D eigenvalue weighted by molar-refractivity contribution is 0.177. The van der Waals surface area contributed by atoms with E-state index in [-0.39, 0.29) is 0 Å². The molecule has 0 aliphatic rings. The van der Waals surface area contributed by atoms with Crippen LogP contribution in [0.3, 0.4) is 0 Å². The number of rotatable bonds is 8. The maximum absolute atomic E-state index is 5.92. The predicted molar refractivity (Wildman–Crippen MR) is 81.8 cm³/mol. The lowest BCUT2D eigenvalue weighted by Gasteiger charge is -2.31. The second-order valence-electron chi connectivity index (χ2n) is 4.94. The lowest BCUT2D eigenvalue weighted by Crippen LogP contribution is -2.40. The van der Waals surface area contributed by atoms with Crippen LogP contribution < -0.4 is 5.32 Å². The van der Waals surface area contributed by atoms with Crippen LogP contribution >= 0.6 is 11.6 Å². The quantitative estimate of drug-likeness (QED) is 0.743. The molecule has 108 valence electrons. The van der Waals surface area contributed by atoms with Gasteiger partial charge < -0.3 is 10.1 Å². The topological polar surface area (TPSA) is 24.5 Å². The molecular weight excluding hydrogens is 260 g/mol. The zero-order valence-electron chi connectivity index (χ0n) is 12.3. The van der Waals surface area contributed by atoms with Gasteiger partial charge in [0.1, 0.15) is 0 Å². The third-order valence-electron chi connectivity index (χ3n) is 3.58. The first-order chi connectivity index (χ1) is 9.06. The summed E-state index contributed by atoms with van der Waals surface area (Å²) in [4.78, 5) is 2.36. The van der Waals surface area contributed by atoms with Crippen LogP contribution in [-0.4, -0.2) is 44.8 Å². The van der Waals surface area contributed by atoms with E-state index in [1.807, 2.05) is 12.1 Å². The molecule has 2 unspecified atom stereocenters. The molecule has 0 saturated heterocycles. The maximum atomic E-state index is 5.92. The number of ether oxygens (including phenoxy) is 1. The van der Waals surface area contributed by atoms with Crippen LogP contribution in [-0.2, 0) is 4.74 Å². The molecule has 3 nitrogen and oxygen atoms in total. The molecule has 4 heteroatoms. The zero-order chi connectivity index (χ0) is 14.3. The van der Waals surface area contributed by atoms with Gasteiger partial charge in [0.15, 0.2) is 0 Å². The molecule has 1 N–H and O–H groups in total. The average Bonchev–Trinajstić information content (AvgIpc) is 2.42. The van der Waals surface area contributed by atoms with Crippen molar-refractivity contribution in [2.45, 2.75) is 25.9 Å². The van der Waals surface area contributed by atoms with Gasteiger partial charge in [0, 0.05) is 37.3 Å². The summed E-state index contributed by atoms with van der Waals surface area (Å²) < 4.78 is 5.02. The van der Waals surface area contributed by atoms with E-state index in [9.17, 15) is 0 Å². The molecule has 0 bridgehead atoms. The molecule has 1 rings (SSSR count). The Balaban J connectivity index is 2.46. The lowest BCUT2D eigenvalue weighted by atomic mass is 10.1. The van der Waals surface area contributed by atoms with Crippen molar-refractivity contribution in [1.29, 1.82) is 0 Å². The molecule has 0 fully saturated rings. The Morgan fingerprint density at radius 1 is 1.26 bits per heavy atom. The van der Waals surface area contributed by atoms with Crippen molar-refractivity contribution in [3.8, 4) is 0 Å². The highest BCUT2D eigenvalue weighted by Crippen LogP contribution is 2.22. The van der Waals surface area contributed by atoms with Gasteiger partial charge in [-0.2, -0.15) is 0 Å². The summed E-state index contributed by atoms with van der Waals surface area (Å²) in [6.07, 6.45) is 0. The van der Waals surface area contributed by atoms with Crippen LogP contribution in [0.1, 0.15) is 25.5 Å². The molecule has 0 saturated carbocycles. The van der Waals surface area contributed by atoms with Crippen molar-refractivity contribution in [1.82, 2.24) is 10.2 Å². The number of nitrogens with one attached hydrogen (secondary N) is 1. The van der Waals surface area contributed by atoms with Gasteiger partial charge in [-0.1, -0.05) is 23.7 Å². The molecule has 2 atom stereocenters. The van der Waals surface area contributed by atoms with Crippen molar-refractivity contribution < 1.29 is 4.74 Å². The molecule has 1 aromatic rings. The number of methoxy groups -OCH3 is 1. The van der Waals surface area contributed by atoms with E-state index < -0.39 is 0 Å². The highest BCUT2D eigenvalue weighted by Gasteiger charge is 2.16. The van der Waals surface area contributed by atoms with Crippen LogP contribution in [0.25, 0.3) is 0 Å². The Labute approximate surface area is 121 Å². The SMILES string of the molecule is COCCNCC(C)N(C)C(C)c1ccc(Cl)cc1. The first-order valence-electron chi connectivity index (χ1n) is 6.73. The maximum Gasteiger partial charge on any atom is 0.0587 e. The Hall–Kier alpha value is -0.610. The number of benzene rings is 1. The number of hydrogen-bond donors (Lipinski definition) is 1. The van der Waals surface area contributed by atoms with Crippen molar-refractivity contribution in [3.63, 3.8) is 0 Å². The third-order valence-corrected chi connectivity index (χ3v) is 3.83. The van der Waals surface area contributed by atoms with Gasteiger partial charge in [-0.15, -0.1) is 0 Å². The van der Waals surface area contributed by atoms with Gasteiger partial charge in [0.25, 0.3) is 0 Å². The van der Waals surface area contributed by atoms with Gasteiger partial charge in [-0.25, -0.2) is 0 Å². The van der Waals surface area contributed by atoms with Crippen molar-refractivity contribution in [2.24, 2.45) is 0 Å². The molecule has 1 aromatic carbocycles. The van der Waals surface area contributed by atoms with Crippen LogP contribution in [0, 0.1) is 0 Å². The van der Waals surface area contributed by atoms with E-state index in [0.29, 0.717) is 12.1 Å². The molecule has 0 amide bonds. The second-order valence-corrected chi connectivity index (χ2v) is 5.38. The van der Waals surface area contributed by atoms with Crippen LogP contribution in [0.15, 0.2) is 24.3 Å². The minimum absolute atomic E-state index is 0.372. The van der Waals surface area contributed by atoms with Crippen molar-refractivity contribution in [3.05, 3.63) is 34.9 Å². The number of halogens is 1. The summed E-state index contributed by atoms with van der Waals surface area (Å²) in [5.74, 6) is 0. The van der Waals surface area contributed by atoms with Gasteiger partial charge in [0.2, 0.25) is 0 Å². The Morgan fingerprint density at radius 3 is 2.47 bits per heavy atom. The smallest absolute Gasteiger partial charge is 0.0587 e. The van der Waals surface area contributed by atoms with E-state index in [0.717, 1.165) is 24.7 Å². The fourth-order valence-corrected chi connectivity index (χ4v) is 2.11. The standard InChI is InChI=1S/C15H25ClN2O/c1-12(11-17-9-10-19-4)18(3)13(2)14-5-7-15(16)8-6-14/h5-8,12-13,17H,9-11H2,1-4H3. The first-order valence-corrected chi connectivity index (χ1v) is 7.11.